The molecular formula is C10H15BrN2O2. The average Bonchev–Trinajstić information content (AvgIpc) is 2.24. The molecule has 1 rings (SSSR count). The molecule has 0 atom stereocenters. The SMILES string of the molecule is CCCc1ncn(CCOC)c(=O)c1Br. The van der Waals surface area contributed by atoms with Crippen LogP contribution in [-0.2, 0) is 17.7 Å². The zero-order chi connectivity index (χ0) is 11.3. The zero-order valence-electron chi connectivity index (χ0n) is 8.99. The number of rotatable bonds is 5. The molecule has 0 saturated heterocycles. The largest absolute Gasteiger partial charge is 0.383 e. The molecule has 0 unspecified atom stereocenters. The lowest BCUT2D eigenvalue weighted by Gasteiger charge is -2.07. The second kappa shape index (κ2) is 6.02. The first kappa shape index (κ1) is 12.4. The molecule has 0 aliphatic heterocycles. The standard InChI is InChI=1S/C10H15BrN2O2/c1-3-4-8-9(11)10(14)13(7-12-8)5-6-15-2/h7H,3-6H2,1-2H3. The van der Waals surface area contributed by atoms with Crippen molar-refractivity contribution in [1.82, 2.24) is 9.55 Å². The summed E-state index contributed by atoms with van der Waals surface area (Å²) in [5.74, 6) is 0. The molecule has 15 heavy (non-hydrogen) atoms. The Kier molecular flexibility index (Phi) is 4.98. The number of hydrogen-bond acceptors (Lipinski definition) is 3. The second-order valence-corrected chi connectivity index (χ2v) is 4.04. The summed E-state index contributed by atoms with van der Waals surface area (Å²) in [5.41, 5.74) is 0.793. The van der Waals surface area contributed by atoms with Gasteiger partial charge >= 0.3 is 0 Å². The van der Waals surface area contributed by atoms with Crippen LogP contribution in [0.5, 0.6) is 0 Å². The van der Waals surface area contributed by atoms with E-state index in [1.807, 2.05) is 0 Å². The summed E-state index contributed by atoms with van der Waals surface area (Å²) in [5, 5.41) is 0. The van der Waals surface area contributed by atoms with Crippen LogP contribution in [0.15, 0.2) is 15.6 Å². The molecule has 5 heteroatoms. The molecule has 0 bridgehead atoms. The van der Waals surface area contributed by atoms with E-state index in [0.29, 0.717) is 17.6 Å². The summed E-state index contributed by atoms with van der Waals surface area (Å²) in [6, 6.07) is 0. The lowest BCUT2D eigenvalue weighted by molar-refractivity contribution is 0.185. The third-order valence-corrected chi connectivity index (χ3v) is 2.87. The van der Waals surface area contributed by atoms with Gasteiger partial charge in [0.25, 0.3) is 5.56 Å². The third kappa shape index (κ3) is 3.14. The van der Waals surface area contributed by atoms with Crippen LogP contribution in [0.2, 0.25) is 0 Å². The van der Waals surface area contributed by atoms with Crippen LogP contribution >= 0.6 is 15.9 Å². The Labute approximate surface area is 97.4 Å². The minimum absolute atomic E-state index is 0.0366. The fraction of sp³-hybridized carbons (Fsp3) is 0.600. The minimum atomic E-state index is -0.0366. The molecule has 84 valence electrons. The predicted octanol–water partition coefficient (Wildman–Crippen LogP) is 1.60. The molecule has 0 saturated carbocycles. The molecule has 1 heterocycles. The van der Waals surface area contributed by atoms with Crippen molar-refractivity contribution in [1.29, 1.82) is 0 Å². The Morgan fingerprint density at radius 2 is 2.33 bits per heavy atom. The van der Waals surface area contributed by atoms with Gasteiger partial charge in [0.05, 0.1) is 25.2 Å². The van der Waals surface area contributed by atoms with E-state index in [2.05, 4.69) is 27.8 Å². The van der Waals surface area contributed by atoms with E-state index in [-0.39, 0.29) is 5.56 Å². The molecular weight excluding hydrogens is 260 g/mol. The van der Waals surface area contributed by atoms with E-state index in [1.54, 1.807) is 18.0 Å². The van der Waals surface area contributed by atoms with Gasteiger partial charge in [-0.25, -0.2) is 4.98 Å². The summed E-state index contributed by atoms with van der Waals surface area (Å²) in [7, 11) is 1.61. The fourth-order valence-corrected chi connectivity index (χ4v) is 1.79. The lowest BCUT2D eigenvalue weighted by Crippen LogP contribution is -2.24. The Hall–Kier alpha value is -0.680. The number of hydrogen-bond donors (Lipinski definition) is 0. The molecule has 0 N–H and O–H groups in total. The van der Waals surface area contributed by atoms with E-state index < -0.39 is 0 Å². The van der Waals surface area contributed by atoms with E-state index >= 15 is 0 Å². The highest BCUT2D eigenvalue weighted by Crippen LogP contribution is 2.10. The normalized spacial score (nSPS) is 10.6. The Morgan fingerprint density at radius 1 is 1.60 bits per heavy atom. The van der Waals surface area contributed by atoms with Crippen molar-refractivity contribution in [2.45, 2.75) is 26.3 Å². The molecule has 1 aromatic rings. The fourth-order valence-electron chi connectivity index (χ4n) is 1.26. The summed E-state index contributed by atoms with van der Waals surface area (Å²) in [4.78, 5) is 16.0. The minimum Gasteiger partial charge on any atom is -0.383 e. The number of aromatic nitrogens is 2. The van der Waals surface area contributed by atoms with Crippen LogP contribution in [0.1, 0.15) is 19.0 Å². The van der Waals surface area contributed by atoms with Crippen LogP contribution in [0, 0.1) is 0 Å². The number of ether oxygens (including phenoxy) is 1. The van der Waals surface area contributed by atoms with Gasteiger partial charge in [-0.2, -0.15) is 0 Å². The third-order valence-electron chi connectivity index (χ3n) is 2.08. The number of methoxy groups -OCH3 is 1. The van der Waals surface area contributed by atoms with Gasteiger partial charge in [0, 0.05) is 7.11 Å². The van der Waals surface area contributed by atoms with Crippen molar-refractivity contribution >= 4 is 15.9 Å². The molecule has 0 aromatic carbocycles. The Balaban J connectivity index is 2.94. The lowest BCUT2D eigenvalue weighted by atomic mass is 10.2. The van der Waals surface area contributed by atoms with Gasteiger partial charge < -0.3 is 4.74 Å². The summed E-state index contributed by atoms with van der Waals surface area (Å²) < 4.78 is 7.04. The first-order chi connectivity index (χ1) is 7.20. The highest BCUT2D eigenvalue weighted by Gasteiger charge is 2.07. The van der Waals surface area contributed by atoms with Gasteiger partial charge in [-0.05, 0) is 22.4 Å². The van der Waals surface area contributed by atoms with Crippen molar-refractivity contribution < 1.29 is 4.74 Å². The van der Waals surface area contributed by atoms with Gasteiger partial charge in [0.2, 0.25) is 0 Å². The quantitative estimate of drug-likeness (QED) is 0.820. The van der Waals surface area contributed by atoms with Crippen molar-refractivity contribution in [2.24, 2.45) is 0 Å². The monoisotopic (exact) mass is 274 g/mol. The number of halogens is 1. The summed E-state index contributed by atoms with van der Waals surface area (Å²) >= 11 is 3.29. The molecule has 0 aliphatic rings. The second-order valence-electron chi connectivity index (χ2n) is 3.25. The van der Waals surface area contributed by atoms with Gasteiger partial charge in [0.15, 0.2) is 0 Å². The first-order valence-electron chi connectivity index (χ1n) is 4.93. The van der Waals surface area contributed by atoms with E-state index in [4.69, 9.17) is 4.74 Å². The highest BCUT2D eigenvalue weighted by molar-refractivity contribution is 9.10. The van der Waals surface area contributed by atoms with Crippen LogP contribution in [0.3, 0.4) is 0 Å². The van der Waals surface area contributed by atoms with E-state index in [0.717, 1.165) is 18.5 Å². The summed E-state index contributed by atoms with van der Waals surface area (Å²) in [6.07, 6.45) is 3.38. The van der Waals surface area contributed by atoms with Crippen molar-refractivity contribution in [2.75, 3.05) is 13.7 Å². The smallest absolute Gasteiger partial charge is 0.267 e. The molecule has 0 spiro atoms. The molecule has 0 radical (unpaired) electrons. The van der Waals surface area contributed by atoms with E-state index in [1.165, 1.54) is 0 Å². The Morgan fingerprint density at radius 3 is 2.93 bits per heavy atom. The van der Waals surface area contributed by atoms with Crippen LogP contribution < -0.4 is 5.56 Å². The highest BCUT2D eigenvalue weighted by atomic mass is 79.9. The number of nitrogens with zero attached hydrogens (tertiary/aromatic N) is 2. The van der Waals surface area contributed by atoms with Crippen molar-refractivity contribution in [3.8, 4) is 0 Å². The van der Waals surface area contributed by atoms with Gasteiger partial charge in [-0.15, -0.1) is 0 Å². The van der Waals surface area contributed by atoms with Crippen LogP contribution in [-0.4, -0.2) is 23.3 Å². The van der Waals surface area contributed by atoms with Gasteiger partial charge in [-0.3, -0.25) is 9.36 Å². The van der Waals surface area contributed by atoms with Crippen molar-refractivity contribution in [3.63, 3.8) is 0 Å². The van der Waals surface area contributed by atoms with Crippen molar-refractivity contribution in [3.05, 3.63) is 26.8 Å². The molecule has 0 fully saturated rings. The predicted molar refractivity (Wildman–Crippen MR) is 62.1 cm³/mol. The average molecular weight is 275 g/mol. The first-order valence-corrected chi connectivity index (χ1v) is 5.72. The summed E-state index contributed by atoms with van der Waals surface area (Å²) in [6.45, 7) is 3.11. The van der Waals surface area contributed by atoms with Crippen LogP contribution in [0.4, 0.5) is 0 Å². The van der Waals surface area contributed by atoms with E-state index in [9.17, 15) is 4.79 Å². The van der Waals surface area contributed by atoms with Crippen LogP contribution in [0.25, 0.3) is 0 Å². The maximum Gasteiger partial charge on any atom is 0.267 e. The topological polar surface area (TPSA) is 44.1 Å². The van der Waals surface area contributed by atoms with Gasteiger partial charge in [-0.1, -0.05) is 13.3 Å². The molecule has 0 aliphatic carbocycles. The maximum absolute atomic E-state index is 11.8. The van der Waals surface area contributed by atoms with Gasteiger partial charge in [0.1, 0.15) is 4.47 Å². The molecule has 4 nitrogen and oxygen atoms in total. The molecule has 1 aromatic heterocycles. The Bertz CT molecular complexity index is 376. The maximum atomic E-state index is 11.8. The number of aryl methyl sites for hydroxylation is 1. The zero-order valence-corrected chi connectivity index (χ0v) is 10.6. The molecule has 0 amide bonds.